The molecule has 1 rings (SSSR count). The first kappa shape index (κ1) is 46.0. The van der Waals surface area contributed by atoms with E-state index in [4.69, 9.17) is 11.5 Å². The fraction of sp³-hybridized carbons (Fsp3) is 0.611. The van der Waals surface area contributed by atoms with Crippen LogP contribution in [0.4, 0.5) is 0 Å². The zero-order valence-electron chi connectivity index (χ0n) is 31.3. The number of nitrogens with two attached hydrogens (primary N) is 2. The molecule has 0 radical (unpaired) electrons. The molecule has 296 valence electrons. The summed E-state index contributed by atoms with van der Waals surface area (Å²) in [5.74, 6) is -7.79. The number of benzene rings is 1. The normalized spacial score (nSPS) is 14.6. The van der Waals surface area contributed by atoms with Crippen molar-refractivity contribution in [3.8, 4) is 0 Å². The minimum absolute atomic E-state index is 0.0438. The van der Waals surface area contributed by atoms with Crippen LogP contribution in [0.15, 0.2) is 30.3 Å². The summed E-state index contributed by atoms with van der Waals surface area (Å²) in [6.07, 6.45) is -0.928. The van der Waals surface area contributed by atoms with E-state index in [1.165, 1.54) is 0 Å². The Morgan fingerprint density at radius 1 is 0.604 bits per heavy atom. The molecule has 0 saturated heterocycles. The van der Waals surface area contributed by atoms with Gasteiger partial charge in [-0.1, -0.05) is 71.9 Å². The summed E-state index contributed by atoms with van der Waals surface area (Å²) < 4.78 is 0. The summed E-state index contributed by atoms with van der Waals surface area (Å²) in [6, 6.07) is 1.12. The minimum atomic E-state index is -1.47. The number of carboxylic acids is 2. The summed E-state index contributed by atoms with van der Waals surface area (Å²) in [5, 5.41) is 31.6. The first-order valence-electron chi connectivity index (χ1n) is 17.8. The van der Waals surface area contributed by atoms with E-state index in [-0.39, 0.29) is 43.9 Å². The largest absolute Gasteiger partial charge is 0.481 e. The molecule has 0 bridgehead atoms. The molecule has 0 aliphatic heterocycles. The van der Waals surface area contributed by atoms with Crippen LogP contribution in [0.3, 0.4) is 0 Å². The quantitative estimate of drug-likeness (QED) is 0.0675. The van der Waals surface area contributed by atoms with Gasteiger partial charge in [-0.15, -0.1) is 0 Å². The number of primary amides is 1. The van der Waals surface area contributed by atoms with Crippen LogP contribution in [0.2, 0.25) is 0 Å². The molecule has 0 aliphatic carbocycles. The molecule has 1 aromatic carbocycles. The fourth-order valence-electron chi connectivity index (χ4n) is 5.33. The van der Waals surface area contributed by atoms with Crippen molar-refractivity contribution in [3.05, 3.63) is 35.9 Å². The van der Waals surface area contributed by atoms with Crippen LogP contribution in [0.25, 0.3) is 0 Å². The summed E-state index contributed by atoms with van der Waals surface area (Å²) in [6.45, 7) is 10.6. The molecule has 11 N–H and O–H groups in total. The van der Waals surface area contributed by atoms with Crippen LogP contribution in [0.1, 0.15) is 85.6 Å². The number of aliphatic carboxylic acids is 2. The molecule has 53 heavy (non-hydrogen) atoms. The fourth-order valence-corrected chi connectivity index (χ4v) is 5.33. The molecule has 17 heteroatoms. The van der Waals surface area contributed by atoms with Crippen molar-refractivity contribution < 1.29 is 48.6 Å². The maximum Gasteiger partial charge on any atom is 0.326 e. The Labute approximate surface area is 310 Å². The Kier molecular flexibility index (Phi) is 19.8. The van der Waals surface area contributed by atoms with E-state index in [1.807, 2.05) is 13.8 Å². The van der Waals surface area contributed by atoms with Crippen LogP contribution in [-0.4, -0.2) is 93.8 Å². The highest BCUT2D eigenvalue weighted by atomic mass is 16.4. The Hall–Kier alpha value is -5.06. The molecule has 6 amide bonds. The molecule has 17 nitrogen and oxygen atoms in total. The van der Waals surface area contributed by atoms with Gasteiger partial charge in [0.05, 0.1) is 6.04 Å². The van der Waals surface area contributed by atoms with Gasteiger partial charge in [0.1, 0.15) is 30.2 Å². The van der Waals surface area contributed by atoms with Gasteiger partial charge in [0.25, 0.3) is 0 Å². The van der Waals surface area contributed by atoms with Gasteiger partial charge in [-0.05, 0) is 49.0 Å². The summed E-state index contributed by atoms with van der Waals surface area (Å²) >= 11 is 0. The topological polar surface area (TPSA) is 289 Å². The second-order valence-corrected chi connectivity index (χ2v) is 14.3. The molecule has 0 unspecified atom stereocenters. The predicted octanol–water partition coefficient (Wildman–Crippen LogP) is -0.0565. The first-order chi connectivity index (χ1) is 24.7. The highest BCUT2D eigenvalue weighted by Gasteiger charge is 2.34. The lowest BCUT2D eigenvalue weighted by Gasteiger charge is -2.29. The van der Waals surface area contributed by atoms with Gasteiger partial charge in [0, 0.05) is 19.3 Å². The van der Waals surface area contributed by atoms with E-state index in [1.54, 1.807) is 58.0 Å². The van der Waals surface area contributed by atoms with Crippen molar-refractivity contribution >= 4 is 47.4 Å². The van der Waals surface area contributed by atoms with Gasteiger partial charge in [-0.3, -0.25) is 33.6 Å². The molecule has 1 aromatic rings. The summed E-state index contributed by atoms with van der Waals surface area (Å²) in [7, 11) is 0. The zero-order chi connectivity index (χ0) is 40.4. The van der Waals surface area contributed by atoms with Gasteiger partial charge in [-0.25, -0.2) is 4.79 Å². The van der Waals surface area contributed by atoms with Crippen LogP contribution < -0.4 is 38.1 Å². The van der Waals surface area contributed by atoms with Gasteiger partial charge in [-0.2, -0.15) is 0 Å². The van der Waals surface area contributed by atoms with Crippen molar-refractivity contribution in [2.24, 2.45) is 29.2 Å². The Morgan fingerprint density at radius 2 is 1.09 bits per heavy atom. The van der Waals surface area contributed by atoms with E-state index in [0.717, 1.165) is 0 Å². The average Bonchev–Trinajstić information content (AvgIpc) is 3.05. The van der Waals surface area contributed by atoms with Crippen LogP contribution in [0, 0.1) is 17.8 Å². The van der Waals surface area contributed by atoms with Crippen LogP contribution >= 0.6 is 0 Å². The van der Waals surface area contributed by atoms with Crippen LogP contribution in [-0.2, 0) is 44.8 Å². The summed E-state index contributed by atoms with van der Waals surface area (Å²) in [5.41, 5.74) is 11.8. The van der Waals surface area contributed by atoms with Gasteiger partial charge >= 0.3 is 11.9 Å². The third kappa shape index (κ3) is 17.8. The lowest BCUT2D eigenvalue weighted by molar-refractivity contribution is -0.142. The van der Waals surface area contributed by atoms with Crippen molar-refractivity contribution in [3.63, 3.8) is 0 Å². The molecule has 0 heterocycles. The number of carboxylic acid groups (broad SMARTS) is 2. The number of carbonyl (C=O) groups excluding carboxylic acids is 6. The smallest absolute Gasteiger partial charge is 0.326 e. The molecular weight excluding hydrogens is 690 g/mol. The molecule has 0 saturated carbocycles. The standard InChI is InChI=1S/C36H57N7O10/c1-19(2)16-23(37)31(47)39-24(13-15-29(45)46)32(48)43-30(21(5)6)35(51)42-26(17-20(3)4)33(49)41-27(18-22-10-8-7-9-11-22)34(50)40-25(36(52)53)12-14-28(38)44/h7-11,19-21,23-27,30H,12-18,37H2,1-6H3,(H2,38,44)(H,39,47)(H,40,50)(H,41,49)(H,42,51)(H,43,48)(H,45,46)(H,52,53)/t23-,24-,25-,26-,27-,30-/m0/s1. The number of hydrogen-bond donors (Lipinski definition) is 9. The van der Waals surface area contributed by atoms with Crippen LogP contribution in [0.5, 0.6) is 0 Å². The Morgan fingerprint density at radius 3 is 1.60 bits per heavy atom. The third-order valence-electron chi connectivity index (χ3n) is 8.14. The molecule has 6 atom stereocenters. The van der Waals surface area contributed by atoms with Crippen molar-refractivity contribution in [2.75, 3.05) is 0 Å². The predicted molar refractivity (Wildman–Crippen MR) is 194 cm³/mol. The van der Waals surface area contributed by atoms with Gasteiger partial charge < -0.3 is 48.3 Å². The minimum Gasteiger partial charge on any atom is -0.481 e. The van der Waals surface area contributed by atoms with E-state index < -0.39 is 96.0 Å². The molecule has 0 spiro atoms. The van der Waals surface area contributed by atoms with E-state index in [0.29, 0.717) is 12.0 Å². The first-order valence-corrected chi connectivity index (χ1v) is 17.8. The van der Waals surface area contributed by atoms with Crippen molar-refractivity contribution in [1.29, 1.82) is 0 Å². The van der Waals surface area contributed by atoms with Gasteiger partial charge in [0.15, 0.2) is 0 Å². The Bertz CT molecular complexity index is 1420. The molecule has 0 aliphatic rings. The molecular formula is C36H57N7O10. The average molecular weight is 748 g/mol. The van der Waals surface area contributed by atoms with E-state index in [2.05, 4.69) is 26.6 Å². The third-order valence-corrected chi connectivity index (χ3v) is 8.14. The van der Waals surface area contributed by atoms with E-state index >= 15 is 0 Å². The Balaban J connectivity index is 3.30. The van der Waals surface area contributed by atoms with Crippen molar-refractivity contribution in [2.45, 2.75) is 123 Å². The second kappa shape index (κ2) is 22.8. The lowest BCUT2D eigenvalue weighted by atomic mass is 9.98. The monoisotopic (exact) mass is 747 g/mol. The number of nitrogens with one attached hydrogen (secondary N) is 5. The second-order valence-electron chi connectivity index (χ2n) is 14.3. The highest BCUT2D eigenvalue weighted by Crippen LogP contribution is 2.12. The number of amides is 6. The van der Waals surface area contributed by atoms with Gasteiger partial charge in [0.2, 0.25) is 35.4 Å². The highest BCUT2D eigenvalue weighted by molar-refractivity contribution is 5.96. The van der Waals surface area contributed by atoms with Crippen molar-refractivity contribution in [1.82, 2.24) is 26.6 Å². The zero-order valence-corrected chi connectivity index (χ0v) is 31.3. The molecule has 0 aromatic heterocycles. The van der Waals surface area contributed by atoms with E-state index in [9.17, 15) is 48.6 Å². The maximum atomic E-state index is 13.8. The maximum absolute atomic E-state index is 13.8. The SMILES string of the molecule is CC(C)C[C@H](NC(=O)[C@@H](NC(=O)[C@H](CCC(=O)O)NC(=O)[C@@H](N)CC(C)C)C(C)C)C(=O)N[C@@H](Cc1ccccc1)C(=O)N[C@@H](CCC(N)=O)C(=O)O. The number of hydrogen-bond acceptors (Lipinski definition) is 9. The lowest BCUT2D eigenvalue weighted by Crippen LogP contribution is -2.60. The number of rotatable bonds is 24. The number of carbonyl (C=O) groups is 8. The molecule has 0 fully saturated rings. The summed E-state index contributed by atoms with van der Waals surface area (Å²) in [4.78, 5) is 102.